The highest BCUT2D eigenvalue weighted by Crippen LogP contribution is 2.37. The quantitative estimate of drug-likeness (QED) is 0.585. The topological polar surface area (TPSA) is 68.3 Å². The molecule has 0 N–H and O–H groups in total. The Hall–Kier alpha value is -3.06. The molecule has 0 bridgehead atoms. The van der Waals surface area contributed by atoms with Crippen molar-refractivity contribution in [3.8, 4) is 17.2 Å². The molecular formula is C22H22N2O5. The maximum atomic E-state index is 12.8. The summed E-state index contributed by atoms with van der Waals surface area (Å²) in [5.74, 6) is 1.33. The number of carbonyl (C=O) groups is 2. The van der Waals surface area contributed by atoms with Crippen molar-refractivity contribution < 1.29 is 23.8 Å². The van der Waals surface area contributed by atoms with Crippen LogP contribution in [0.5, 0.6) is 17.2 Å². The Bertz CT molecular complexity index is 952. The van der Waals surface area contributed by atoms with Gasteiger partial charge in [0.2, 0.25) is 12.7 Å². The van der Waals surface area contributed by atoms with E-state index in [1.807, 2.05) is 41.3 Å². The first-order chi connectivity index (χ1) is 14.2. The smallest absolute Gasteiger partial charge is 0.319 e. The lowest BCUT2D eigenvalue weighted by molar-refractivity contribution is -0.140. The van der Waals surface area contributed by atoms with Gasteiger partial charge >= 0.3 is 5.97 Å². The minimum absolute atomic E-state index is 0.00591. The van der Waals surface area contributed by atoms with Gasteiger partial charge in [0.15, 0.2) is 11.5 Å². The zero-order chi connectivity index (χ0) is 19.8. The van der Waals surface area contributed by atoms with Gasteiger partial charge in [-0.25, -0.2) is 0 Å². The summed E-state index contributed by atoms with van der Waals surface area (Å²) in [4.78, 5) is 29.1. The zero-order valence-corrected chi connectivity index (χ0v) is 16.0. The van der Waals surface area contributed by atoms with Crippen LogP contribution in [0.15, 0.2) is 42.5 Å². The van der Waals surface area contributed by atoms with E-state index in [1.165, 1.54) is 5.56 Å². The van der Waals surface area contributed by atoms with Gasteiger partial charge in [-0.2, -0.15) is 0 Å². The van der Waals surface area contributed by atoms with Gasteiger partial charge in [0.1, 0.15) is 5.75 Å². The average molecular weight is 394 g/mol. The molecule has 3 heterocycles. The number of hydrogen-bond acceptors (Lipinski definition) is 6. The molecule has 1 fully saturated rings. The fourth-order valence-electron chi connectivity index (χ4n) is 4.12. The maximum absolute atomic E-state index is 12.8. The lowest BCUT2D eigenvalue weighted by Crippen LogP contribution is -2.48. The second-order valence-electron chi connectivity index (χ2n) is 7.56. The summed E-state index contributed by atoms with van der Waals surface area (Å²) in [5, 5.41) is 0. The fourth-order valence-corrected chi connectivity index (χ4v) is 4.12. The molecule has 0 spiro atoms. The van der Waals surface area contributed by atoms with E-state index in [1.54, 1.807) is 6.07 Å². The summed E-state index contributed by atoms with van der Waals surface area (Å²) >= 11 is 0. The van der Waals surface area contributed by atoms with Crippen LogP contribution >= 0.6 is 0 Å². The molecule has 3 aliphatic heterocycles. The minimum Gasteiger partial charge on any atom is -0.454 e. The Balaban J connectivity index is 1.16. The third kappa shape index (κ3) is 3.53. The summed E-state index contributed by atoms with van der Waals surface area (Å²) in [7, 11) is 0. The molecule has 0 aliphatic carbocycles. The van der Waals surface area contributed by atoms with E-state index in [-0.39, 0.29) is 25.1 Å². The lowest BCUT2D eigenvalue weighted by Gasteiger charge is -2.35. The predicted octanol–water partition coefficient (Wildman–Crippen LogP) is 2.15. The third-order valence-electron chi connectivity index (χ3n) is 5.74. The first-order valence-electron chi connectivity index (χ1n) is 9.86. The molecule has 5 rings (SSSR count). The van der Waals surface area contributed by atoms with Gasteiger partial charge in [-0.15, -0.1) is 0 Å². The number of ether oxygens (including phenoxy) is 3. The Morgan fingerprint density at radius 2 is 1.76 bits per heavy atom. The molecule has 2 aromatic rings. The monoisotopic (exact) mass is 394 g/mol. The molecule has 1 saturated heterocycles. The van der Waals surface area contributed by atoms with Crippen LogP contribution in [0.3, 0.4) is 0 Å². The second kappa shape index (κ2) is 7.40. The SMILES string of the molecule is O=C1Oc2ccccc2C1CC(=O)N1CCN(Cc2ccc3c(c2)OCO3)CC1. The van der Waals surface area contributed by atoms with Crippen LogP contribution < -0.4 is 14.2 Å². The van der Waals surface area contributed by atoms with Crippen LogP contribution in [-0.2, 0) is 16.1 Å². The van der Waals surface area contributed by atoms with Gasteiger partial charge in [-0.05, 0) is 23.8 Å². The van der Waals surface area contributed by atoms with Gasteiger partial charge < -0.3 is 19.1 Å². The molecule has 7 nitrogen and oxygen atoms in total. The first kappa shape index (κ1) is 18.0. The molecule has 0 radical (unpaired) electrons. The Kier molecular flexibility index (Phi) is 4.60. The van der Waals surface area contributed by atoms with Crippen molar-refractivity contribution >= 4 is 11.9 Å². The Morgan fingerprint density at radius 3 is 2.62 bits per heavy atom. The van der Waals surface area contributed by atoms with Gasteiger partial charge in [-0.1, -0.05) is 24.3 Å². The van der Waals surface area contributed by atoms with Crippen molar-refractivity contribution in [1.29, 1.82) is 0 Å². The van der Waals surface area contributed by atoms with Crippen LogP contribution in [-0.4, -0.2) is 54.6 Å². The molecule has 3 aliphatic rings. The van der Waals surface area contributed by atoms with Gasteiger partial charge in [0.25, 0.3) is 0 Å². The Labute approximate surface area is 168 Å². The van der Waals surface area contributed by atoms with Crippen molar-refractivity contribution in [3.05, 3.63) is 53.6 Å². The maximum Gasteiger partial charge on any atom is 0.319 e. The van der Waals surface area contributed by atoms with E-state index < -0.39 is 5.92 Å². The highest BCUT2D eigenvalue weighted by molar-refractivity contribution is 5.91. The molecule has 150 valence electrons. The summed E-state index contributed by atoms with van der Waals surface area (Å²) in [6.07, 6.45) is 0.165. The highest BCUT2D eigenvalue weighted by Gasteiger charge is 2.36. The number of carbonyl (C=O) groups excluding carboxylic acids is 2. The number of benzene rings is 2. The van der Waals surface area contributed by atoms with Crippen molar-refractivity contribution in [2.24, 2.45) is 0 Å². The molecule has 0 aromatic heterocycles. The number of esters is 1. The summed E-state index contributed by atoms with van der Waals surface area (Å²) in [6.45, 7) is 4.00. The number of fused-ring (bicyclic) bond motifs is 2. The summed E-state index contributed by atoms with van der Waals surface area (Å²) < 4.78 is 16.1. The fraction of sp³-hybridized carbons (Fsp3) is 0.364. The van der Waals surface area contributed by atoms with E-state index in [4.69, 9.17) is 14.2 Å². The standard InChI is InChI=1S/C22H22N2O5/c25-21(12-17-16-3-1-2-4-18(16)29-22(17)26)24-9-7-23(8-10-24)13-15-5-6-19-20(11-15)28-14-27-19/h1-6,11,17H,7-10,12-14H2. The zero-order valence-electron chi connectivity index (χ0n) is 16.0. The number of rotatable bonds is 4. The number of piperazine rings is 1. The van der Waals surface area contributed by atoms with Crippen LogP contribution in [0.1, 0.15) is 23.5 Å². The summed E-state index contributed by atoms with van der Waals surface area (Å²) in [6, 6.07) is 13.3. The normalized spacial score (nSPS) is 20.5. The Morgan fingerprint density at radius 1 is 0.966 bits per heavy atom. The molecule has 7 heteroatoms. The molecule has 0 saturated carbocycles. The van der Waals surface area contributed by atoms with Gasteiger partial charge in [0, 0.05) is 44.7 Å². The first-order valence-corrected chi connectivity index (χ1v) is 9.86. The van der Waals surface area contributed by atoms with E-state index in [9.17, 15) is 9.59 Å². The van der Waals surface area contributed by atoms with E-state index in [0.29, 0.717) is 18.8 Å². The van der Waals surface area contributed by atoms with Crippen LogP contribution in [0.4, 0.5) is 0 Å². The van der Waals surface area contributed by atoms with Crippen LogP contribution in [0, 0.1) is 0 Å². The van der Waals surface area contributed by atoms with Crippen molar-refractivity contribution in [1.82, 2.24) is 9.80 Å². The largest absolute Gasteiger partial charge is 0.454 e. The van der Waals surface area contributed by atoms with Crippen LogP contribution in [0.2, 0.25) is 0 Å². The second-order valence-corrected chi connectivity index (χ2v) is 7.56. The number of nitrogens with zero attached hydrogens (tertiary/aromatic N) is 2. The number of amides is 1. The van der Waals surface area contributed by atoms with Crippen LogP contribution in [0.25, 0.3) is 0 Å². The average Bonchev–Trinajstić information content (AvgIpc) is 3.32. The number of para-hydroxylation sites is 1. The van der Waals surface area contributed by atoms with E-state index in [2.05, 4.69) is 4.90 Å². The van der Waals surface area contributed by atoms with Crippen molar-refractivity contribution in [2.45, 2.75) is 18.9 Å². The van der Waals surface area contributed by atoms with E-state index >= 15 is 0 Å². The molecule has 1 atom stereocenters. The molecule has 2 aromatic carbocycles. The molecule has 1 amide bonds. The predicted molar refractivity (Wildman–Crippen MR) is 104 cm³/mol. The molecule has 1 unspecified atom stereocenters. The lowest BCUT2D eigenvalue weighted by atomic mass is 9.96. The van der Waals surface area contributed by atoms with Crippen molar-refractivity contribution in [3.63, 3.8) is 0 Å². The van der Waals surface area contributed by atoms with Gasteiger partial charge in [0.05, 0.1) is 5.92 Å². The molecule has 29 heavy (non-hydrogen) atoms. The van der Waals surface area contributed by atoms with Gasteiger partial charge in [-0.3, -0.25) is 14.5 Å². The van der Waals surface area contributed by atoms with E-state index in [0.717, 1.165) is 36.7 Å². The minimum atomic E-state index is -0.495. The molecular weight excluding hydrogens is 372 g/mol. The summed E-state index contributed by atoms with van der Waals surface area (Å²) in [5.41, 5.74) is 1.98. The number of hydrogen-bond donors (Lipinski definition) is 0. The highest BCUT2D eigenvalue weighted by atomic mass is 16.7. The third-order valence-corrected chi connectivity index (χ3v) is 5.74. The van der Waals surface area contributed by atoms with Crippen molar-refractivity contribution in [2.75, 3.05) is 33.0 Å².